The van der Waals surface area contributed by atoms with Crippen molar-refractivity contribution in [2.45, 2.75) is 83.8 Å². The lowest BCUT2D eigenvalue weighted by atomic mass is 9.49. The van der Waals surface area contributed by atoms with Crippen LogP contribution in [-0.4, -0.2) is 26.3 Å². The van der Waals surface area contributed by atoms with Gasteiger partial charge < -0.3 is 5.11 Å². The number of Topliss-reactive ketones (excluding diaryl/α,β-unsaturated/α-hetero) is 1. The Morgan fingerprint density at radius 1 is 1.14 bits per heavy atom. The molecule has 0 bridgehead atoms. The smallest absolute Gasteiger partial charge is 0.157 e. The Kier molecular flexibility index (Phi) is 5.17. The Balaban J connectivity index is 1.31. The zero-order valence-corrected chi connectivity index (χ0v) is 20.0. The van der Waals surface area contributed by atoms with E-state index in [0.29, 0.717) is 12.3 Å². The quantitative estimate of drug-likeness (QED) is 0.578. The number of hydrogen-bond acceptors (Lipinski definition) is 3. The minimum Gasteiger partial charge on any atom is -0.390 e. The van der Waals surface area contributed by atoms with Crippen LogP contribution in [-0.2, 0) is 11.3 Å². The fourth-order valence-electron chi connectivity index (χ4n) is 8.31. The van der Waals surface area contributed by atoms with E-state index in [1.54, 1.807) is 0 Å². The van der Waals surface area contributed by atoms with Crippen LogP contribution in [0.3, 0.4) is 0 Å². The first-order valence-corrected chi connectivity index (χ1v) is 12.8. The summed E-state index contributed by atoms with van der Waals surface area (Å²) in [7, 11) is 0. The maximum absolute atomic E-state index is 13.3. The van der Waals surface area contributed by atoms with Gasteiger partial charge in [0.25, 0.3) is 0 Å². The van der Waals surface area contributed by atoms with E-state index in [4.69, 9.17) is 0 Å². The number of halogens is 1. The van der Waals surface area contributed by atoms with Gasteiger partial charge in [-0.3, -0.25) is 9.48 Å². The maximum Gasteiger partial charge on any atom is 0.157 e. The summed E-state index contributed by atoms with van der Waals surface area (Å²) in [6, 6.07) is 0. The topological polar surface area (TPSA) is 55.1 Å². The van der Waals surface area contributed by atoms with Gasteiger partial charge in [0.15, 0.2) is 5.78 Å². The minimum atomic E-state index is -0.438. The van der Waals surface area contributed by atoms with Gasteiger partial charge in [0.05, 0.1) is 21.9 Å². The number of hydrogen-bond donors (Lipinski definition) is 1. The third-order valence-electron chi connectivity index (χ3n) is 9.55. The fraction of sp³-hybridized carbons (Fsp3) is 0.833. The van der Waals surface area contributed by atoms with Crippen molar-refractivity contribution in [3.8, 4) is 0 Å². The van der Waals surface area contributed by atoms with Gasteiger partial charge in [0.2, 0.25) is 0 Å². The van der Waals surface area contributed by atoms with Crippen LogP contribution in [0.4, 0.5) is 0 Å². The summed E-state index contributed by atoms with van der Waals surface area (Å²) in [6.45, 7) is 4.92. The van der Waals surface area contributed by atoms with E-state index in [0.717, 1.165) is 52.4 Å². The van der Waals surface area contributed by atoms with Gasteiger partial charge in [-0.1, -0.05) is 6.92 Å². The van der Waals surface area contributed by atoms with Crippen LogP contribution in [0.2, 0.25) is 0 Å². The maximum atomic E-state index is 13.3. The molecule has 29 heavy (non-hydrogen) atoms. The Labute approximate surface area is 188 Å². The number of aliphatic hydroxyl groups is 1. The number of nitrogens with zero attached hydrogens (tertiary/aromatic N) is 2. The largest absolute Gasteiger partial charge is 0.390 e. The van der Waals surface area contributed by atoms with Crippen molar-refractivity contribution in [2.75, 3.05) is 0 Å². The molecule has 4 fully saturated rings. The number of fused-ring (bicyclic) bond motifs is 5. The van der Waals surface area contributed by atoms with Crippen LogP contribution in [0.25, 0.3) is 0 Å². The fourth-order valence-corrected chi connectivity index (χ4v) is 8.75. The second-order valence-corrected chi connectivity index (χ2v) is 12.4. The number of carbonyl (C=O) groups is 1. The molecule has 0 spiro atoms. The SMILES string of the molecule is C[C@@]1(O)CC[C@H]2[C@H](CC[C@@H]3[C@@H]2CC[C@]2(C)[C@@H](C(=O)Cn4cc(I)cn4)CC[C@@H]32)C1. The third-order valence-corrected chi connectivity index (χ3v) is 10.1. The summed E-state index contributed by atoms with van der Waals surface area (Å²) in [5.74, 6) is 4.52. The molecule has 160 valence electrons. The molecule has 0 radical (unpaired) electrons. The predicted octanol–water partition coefficient (Wildman–Crippen LogP) is 5.08. The summed E-state index contributed by atoms with van der Waals surface area (Å²) >= 11 is 2.26. The van der Waals surface area contributed by atoms with Crippen LogP contribution in [0, 0.1) is 44.5 Å². The normalized spacial score (nSPS) is 46.6. The summed E-state index contributed by atoms with van der Waals surface area (Å²) in [6.07, 6.45) is 14.4. The van der Waals surface area contributed by atoms with E-state index in [1.807, 2.05) is 24.0 Å². The highest BCUT2D eigenvalue weighted by molar-refractivity contribution is 14.1. The third kappa shape index (κ3) is 3.52. The van der Waals surface area contributed by atoms with E-state index in [9.17, 15) is 9.90 Å². The second-order valence-electron chi connectivity index (χ2n) is 11.2. The molecule has 8 atom stereocenters. The van der Waals surface area contributed by atoms with E-state index >= 15 is 0 Å². The Hall–Kier alpha value is -0.430. The molecule has 5 heteroatoms. The van der Waals surface area contributed by atoms with Gasteiger partial charge in [-0.25, -0.2) is 0 Å². The first kappa shape index (κ1) is 20.5. The lowest BCUT2D eigenvalue weighted by molar-refractivity contribution is -0.133. The van der Waals surface area contributed by atoms with Gasteiger partial charge in [0.1, 0.15) is 0 Å². The number of carbonyl (C=O) groups excluding carboxylic acids is 1. The molecule has 5 rings (SSSR count). The van der Waals surface area contributed by atoms with Crippen molar-refractivity contribution in [1.82, 2.24) is 9.78 Å². The average Bonchev–Trinajstić information content (AvgIpc) is 3.22. The molecule has 1 N–H and O–H groups in total. The molecule has 1 aromatic heterocycles. The minimum absolute atomic E-state index is 0.186. The molecular weight excluding hydrogens is 475 g/mol. The van der Waals surface area contributed by atoms with Crippen molar-refractivity contribution < 1.29 is 9.90 Å². The number of ketones is 1. The van der Waals surface area contributed by atoms with Crippen molar-refractivity contribution in [1.29, 1.82) is 0 Å². The standard InChI is InChI=1S/C24H35IN2O2/c1-23(29)9-7-17-15(11-23)3-4-19-18(17)8-10-24(2)20(19)5-6-21(24)22(28)14-27-13-16(25)12-26-27/h12-13,15,17-21,29H,3-11,14H2,1-2H3/t15-,17+,18-,19-,20+,21-,23-,24+/m1/s1. The molecule has 1 heterocycles. The molecule has 4 nitrogen and oxygen atoms in total. The lowest BCUT2D eigenvalue weighted by Gasteiger charge is -2.56. The Morgan fingerprint density at radius 3 is 2.69 bits per heavy atom. The van der Waals surface area contributed by atoms with Gasteiger partial charge >= 0.3 is 0 Å². The van der Waals surface area contributed by atoms with Crippen LogP contribution >= 0.6 is 22.6 Å². The van der Waals surface area contributed by atoms with E-state index in [-0.39, 0.29) is 11.3 Å². The first-order valence-electron chi connectivity index (χ1n) is 11.7. The van der Waals surface area contributed by atoms with Crippen molar-refractivity contribution in [2.24, 2.45) is 40.9 Å². The molecule has 4 aliphatic rings. The van der Waals surface area contributed by atoms with Gasteiger partial charge in [0, 0.05) is 12.1 Å². The van der Waals surface area contributed by atoms with Crippen LogP contribution < -0.4 is 0 Å². The van der Waals surface area contributed by atoms with E-state index in [2.05, 4.69) is 34.6 Å². The summed E-state index contributed by atoms with van der Waals surface area (Å²) in [5.41, 5.74) is -0.252. The second kappa shape index (κ2) is 7.32. The summed E-state index contributed by atoms with van der Waals surface area (Å²) < 4.78 is 2.92. The number of rotatable bonds is 3. The zero-order valence-electron chi connectivity index (χ0n) is 17.8. The van der Waals surface area contributed by atoms with Gasteiger partial charge in [-0.15, -0.1) is 0 Å². The van der Waals surface area contributed by atoms with Crippen molar-refractivity contribution in [3.63, 3.8) is 0 Å². The Morgan fingerprint density at radius 2 is 1.93 bits per heavy atom. The molecule has 1 aromatic rings. The molecule has 0 amide bonds. The molecule has 0 aromatic carbocycles. The monoisotopic (exact) mass is 510 g/mol. The van der Waals surface area contributed by atoms with Crippen LogP contribution in [0.1, 0.15) is 71.6 Å². The Bertz CT molecular complexity index is 790. The highest BCUT2D eigenvalue weighted by Crippen LogP contribution is 2.64. The van der Waals surface area contributed by atoms with Crippen LogP contribution in [0.5, 0.6) is 0 Å². The van der Waals surface area contributed by atoms with E-state index in [1.165, 1.54) is 38.5 Å². The summed E-state index contributed by atoms with van der Waals surface area (Å²) in [4.78, 5) is 13.3. The molecule has 4 aliphatic carbocycles. The molecule has 0 aliphatic heterocycles. The highest BCUT2D eigenvalue weighted by atomic mass is 127. The van der Waals surface area contributed by atoms with Crippen molar-refractivity contribution in [3.05, 3.63) is 16.0 Å². The lowest BCUT2D eigenvalue weighted by Crippen LogP contribution is -2.51. The van der Waals surface area contributed by atoms with Gasteiger partial charge in [-0.05, 0) is 122 Å². The van der Waals surface area contributed by atoms with Crippen LogP contribution in [0.15, 0.2) is 12.4 Å². The predicted molar refractivity (Wildman–Crippen MR) is 121 cm³/mol. The van der Waals surface area contributed by atoms with Crippen molar-refractivity contribution >= 4 is 28.4 Å². The molecule has 0 saturated heterocycles. The van der Waals surface area contributed by atoms with E-state index < -0.39 is 5.60 Å². The molecule has 4 saturated carbocycles. The average molecular weight is 510 g/mol. The zero-order chi connectivity index (χ0) is 20.4. The highest BCUT2D eigenvalue weighted by Gasteiger charge is 2.58. The van der Waals surface area contributed by atoms with Gasteiger partial charge in [-0.2, -0.15) is 5.10 Å². The summed E-state index contributed by atoms with van der Waals surface area (Å²) in [5, 5.41) is 14.9. The molecular formula is C24H35IN2O2. The first-order chi connectivity index (χ1) is 13.8. The number of aromatic nitrogens is 2. The molecule has 0 unspecified atom stereocenters.